The van der Waals surface area contributed by atoms with Crippen LogP contribution in [0.5, 0.6) is 0 Å². The lowest BCUT2D eigenvalue weighted by Gasteiger charge is -2.29. The Labute approximate surface area is 159 Å². The van der Waals surface area contributed by atoms with Gasteiger partial charge in [-0.25, -0.2) is 9.97 Å². The summed E-state index contributed by atoms with van der Waals surface area (Å²) in [5.74, 6) is 0.781. The van der Waals surface area contributed by atoms with E-state index in [0.29, 0.717) is 0 Å². The van der Waals surface area contributed by atoms with E-state index in [4.69, 9.17) is 16.6 Å². The molecule has 0 N–H and O–H groups in total. The third-order valence-corrected chi connectivity index (χ3v) is 5.39. The Morgan fingerprint density at radius 2 is 1.77 bits per heavy atom. The topological polar surface area (TPSA) is 29.0 Å². The molecule has 0 saturated heterocycles. The largest absolute Gasteiger partial charge is 0.294 e. The van der Waals surface area contributed by atoms with Crippen LogP contribution in [0.2, 0.25) is 5.02 Å². The highest BCUT2D eigenvalue weighted by atomic mass is 35.5. The summed E-state index contributed by atoms with van der Waals surface area (Å²) in [5.41, 5.74) is 7.59. The van der Waals surface area contributed by atoms with Crippen LogP contribution in [0.1, 0.15) is 27.9 Å². The molecule has 0 fully saturated rings. The summed E-state index contributed by atoms with van der Waals surface area (Å²) in [7, 11) is 0. The zero-order chi connectivity index (χ0) is 18.1. The van der Waals surface area contributed by atoms with Crippen molar-refractivity contribution in [3.8, 4) is 11.4 Å². The first kappa shape index (κ1) is 17.2. The van der Waals surface area contributed by atoms with Crippen LogP contribution < -0.4 is 0 Å². The molecule has 0 bridgehead atoms. The molecule has 1 aliphatic heterocycles. The quantitative estimate of drug-likeness (QED) is 0.657. The van der Waals surface area contributed by atoms with E-state index in [0.717, 1.165) is 42.5 Å². The summed E-state index contributed by atoms with van der Waals surface area (Å²) in [6, 6.07) is 14.2. The van der Waals surface area contributed by atoms with Crippen LogP contribution in [-0.2, 0) is 19.5 Å². The van der Waals surface area contributed by atoms with E-state index >= 15 is 0 Å². The van der Waals surface area contributed by atoms with Gasteiger partial charge in [0.15, 0.2) is 5.82 Å². The first-order chi connectivity index (χ1) is 12.6. The Morgan fingerprint density at radius 3 is 2.50 bits per heavy atom. The van der Waals surface area contributed by atoms with E-state index < -0.39 is 0 Å². The molecule has 0 saturated carbocycles. The second-order valence-corrected chi connectivity index (χ2v) is 7.44. The van der Waals surface area contributed by atoms with Crippen molar-refractivity contribution in [2.24, 2.45) is 0 Å². The molecule has 0 aliphatic carbocycles. The minimum absolute atomic E-state index is 0.730. The molecule has 26 heavy (non-hydrogen) atoms. The molecule has 0 atom stereocenters. The summed E-state index contributed by atoms with van der Waals surface area (Å²) >= 11 is 5.97. The first-order valence-corrected chi connectivity index (χ1v) is 9.36. The van der Waals surface area contributed by atoms with Gasteiger partial charge >= 0.3 is 0 Å². The molecular formula is C22H22ClN3. The predicted molar refractivity (Wildman–Crippen MR) is 106 cm³/mol. The Balaban J connectivity index is 1.54. The number of hydrogen-bond acceptors (Lipinski definition) is 3. The number of hydrogen-bond donors (Lipinski definition) is 0. The van der Waals surface area contributed by atoms with Crippen LogP contribution in [0.25, 0.3) is 11.4 Å². The molecule has 4 heteroatoms. The van der Waals surface area contributed by atoms with E-state index in [1.54, 1.807) is 0 Å². The molecular weight excluding hydrogens is 342 g/mol. The van der Waals surface area contributed by atoms with E-state index in [2.05, 4.69) is 41.9 Å². The standard InChI is InChI=1S/C22H22ClN3/c1-15-4-3-5-16(2)20(15)14-26-11-10-21-18(13-26)12-24-22(25-21)17-6-8-19(23)9-7-17/h3-9,12H,10-11,13-14H2,1-2H3. The minimum Gasteiger partial charge on any atom is -0.294 e. The number of halogens is 1. The van der Waals surface area contributed by atoms with E-state index in [1.165, 1.54) is 27.9 Å². The zero-order valence-electron chi connectivity index (χ0n) is 15.2. The van der Waals surface area contributed by atoms with Crippen molar-refractivity contribution < 1.29 is 0 Å². The van der Waals surface area contributed by atoms with Crippen molar-refractivity contribution in [3.05, 3.63) is 81.6 Å². The second kappa shape index (κ2) is 7.18. The van der Waals surface area contributed by atoms with Crippen molar-refractivity contribution >= 4 is 11.6 Å². The highest BCUT2D eigenvalue weighted by Crippen LogP contribution is 2.24. The van der Waals surface area contributed by atoms with Crippen LogP contribution in [0, 0.1) is 13.8 Å². The van der Waals surface area contributed by atoms with Gasteiger partial charge in [0.1, 0.15) is 0 Å². The number of nitrogens with zero attached hydrogens (tertiary/aromatic N) is 3. The van der Waals surface area contributed by atoms with Gasteiger partial charge in [-0.1, -0.05) is 29.8 Å². The van der Waals surface area contributed by atoms with Gasteiger partial charge in [0, 0.05) is 48.4 Å². The number of aryl methyl sites for hydroxylation is 2. The SMILES string of the molecule is Cc1cccc(C)c1CN1CCc2nc(-c3ccc(Cl)cc3)ncc2C1. The van der Waals surface area contributed by atoms with E-state index in [1.807, 2.05) is 30.5 Å². The second-order valence-electron chi connectivity index (χ2n) is 7.00. The van der Waals surface area contributed by atoms with Gasteiger partial charge < -0.3 is 0 Å². The number of benzene rings is 2. The van der Waals surface area contributed by atoms with E-state index in [9.17, 15) is 0 Å². The molecule has 0 unspecified atom stereocenters. The van der Waals surface area contributed by atoms with Gasteiger partial charge in [-0.05, 0) is 54.8 Å². The molecule has 0 spiro atoms. The molecule has 132 valence electrons. The van der Waals surface area contributed by atoms with Gasteiger partial charge in [-0.3, -0.25) is 4.90 Å². The molecule has 1 aromatic heterocycles. The van der Waals surface area contributed by atoms with Gasteiger partial charge in [0.05, 0.1) is 5.69 Å². The van der Waals surface area contributed by atoms with Crippen LogP contribution in [0.3, 0.4) is 0 Å². The highest BCUT2D eigenvalue weighted by molar-refractivity contribution is 6.30. The lowest BCUT2D eigenvalue weighted by molar-refractivity contribution is 0.242. The monoisotopic (exact) mass is 363 g/mol. The molecule has 0 radical (unpaired) electrons. The van der Waals surface area contributed by atoms with Crippen LogP contribution in [0.4, 0.5) is 0 Å². The number of aromatic nitrogens is 2. The number of rotatable bonds is 3. The maximum atomic E-state index is 5.97. The first-order valence-electron chi connectivity index (χ1n) is 8.98. The third kappa shape index (κ3) is 3.50. The van der Waals surface area contributed by atoms with Crippen LogP contribution >= 0.6 is 11.6 Å². The lowest BCUT2D eigenvalue weighted by atomic mass is 10.0. The van der Waals surface area contributed by atoms with Crippen molar-refractivity contribution in [2.75, 3.05) is 6.54 Å². The normalized spacial score (nSPS) is 14.3. The van der Waals surface area contributed by atoms with Gasteiger partial charge in [-0.15, -0.1) is 0 Å². The summed E-state index contributed by atoms with van der Waals surface area (Å²) < 4.78 is 0. The fraction of sp³-hybridized carbons (Fsp3) is 0.273. The smallest absolute Gasteiger partial charge is 0.159 e. The zero-order valence-corrected chi connectivity index (χ0v) is 15.9. The van der Waals surface area contributed by atoms with Gasteiger partial charge in [-0.2, -0.15) is 0 Å². The molecule has 3 nitrogen and oxygen atoms in total. The molecule has 4 rings (SSSR count). The maximum absolute atomic E-state index is 5.97. The van der Waals surface area contributed by atoms with Crippen LogP contribution in [-0.4, -0.2) is 21.4 Å². The Hall–Kier alpha value is -2.23. The Morgan fingerprint density at radius 1 is 1.04 bits per heavy atom. The maximum Gasteiger partial charge on any atom is 0.159 e. The molecule has 2 aromatic carbocycles. The fourth-order valence-electron chi connectivity index (χ4n) is 3.57. The van der Waals surface area contributed by atoms with Crippen molar-refractivity contribution in [2.45, 2.75) is 33.4 Å². The summed E-state index contributed by atoms with van der Waals surface area (Å²) in [4.78, 5) is 11.9. The van der Waals surface area contributed by atoms with Crippen molar-refractivity contribution in [1.82, 2.24) is 14.9 Å². The molecule has 1 aliphatic rings. The minimum atomic E-state index is 0.730. The van der Waals surface area contributed by atoms with Crippen molar-refractivity contribution in [3.63, 3.8) is 0 Å². The fourth-order valence-corrected chi connectivity index (χ4v) is 3.70. The van der Waals surface area contributed by atoms with Crippen molar-refractivity contribution in [1.29, 1.82) is 0 Å². The molecule has 2 heterocycles. The average molecular weight is 364 g/mol. The third-order valence-electron chi connectivity index (χ3n) is 5.14. The number of fused-ring (bicyclic) bond motifs is 1. The van der Waals surface area contributed by atoms with Gasteiger partial charge in [0.25, 0.3) is 0 Å². The van der Waals surface area contributed by atoms with Gasteiger partial charge in [0.2, 0.25) is 0 Å². The van der Waals surface area contributed by atoms with Crippen LogP contribution in [0.15, 0.2) is 48.7 Å². The summed E-state index contributed by atoms with van der Waals surface area (Å²) in [5, 5.41) is 0.730. The highest BCUT2D eigenvalue weighted by Gasteiger charge is 2.20. The molecule has 3 aromatic rings. The Kier molecular flexibility index (Phi) is 4.75. The van der Waals surface area contributed by atoms with E-state index in [-0.39, 0.29) is 0 Å². The summed E-state index contributed by atoms with van der Waals surface area (Å²) in [6.07, 6.45) is 2.95. The summed E-state index contributed by atoms with van der Waals surface area (Å²) in [6.45, 7) is 7.31. The average Bonchev–Trinajstić information content (AvgIpc) is 2.65. The predicted octanol–water partition coefficient (Wildman–Crippen LogP) is 4.97. The Bertz CT molecular complexity index is 914. The molecule has 0 amide bonds. The lowest BCUT2D eigenvalue weighted by Crippen LogP contribution is -2.31.